The molecule has 0 amide bonds. The molecule has 0 spiro atoms. The molecular weight excluding hydrogens is 352 g/mol. The number of rotatable bonds is 6. The van der Waals surface area contributed by atoms with Gasteiger partial charge in [-0.1, -0.05) is 30.3 Å². The van der Waals surface area contributed by atoms with Gasteiger partial charge in [0.15, 0.2) is 0 Å². The van der Waals surface area contributed by atoms with E-state index in [0.717, 1.165) is 49.6 Å². The Morgan fingerprint density at radius 1 is 1.11 bits per heavy atom. The Morgan fingerprint density at radius 3 is 2.64 bits per heavy atom. The summed E-state index contributed by atoms with van der Waals surface area (Å²) in [5, 5.41) is 17.5. The maximum Gasteiger partial charge on any atom is 0.222 e. The summed E-state index contributed by atoms with van der Waals surface area (Å²) < 4.78 is 2.02. The first-order valence-corrected chi connectivity index (χ1v) is 9.73. The second-order valence-electron chi connectivity index (χ2n) is 7.28. The van der Waals surface area contributed by atoms with Crippen molar-refractivity contribution in [2.45, 2.75) is 45.6 Å². The number of aliphatic hydroxyl groups is 1. The van der Waals surface area contributed by atoms with E-state index in [-0.39, 0.29) is 0 Å². The summed E-state index contributed by atoms with van der Waals surface area (Å²) in [5.74, 6) is 0.642. The first-order chi connectivity index (χ1) is 13.7. The van der Waals surface area contributed by atoms with Crippen LogP contribution in [-0.4, -0.2) is 36.3 Å². The molecule has 28 heavy (non-hydrogen) atoms. The monoisotopic (exact) mass is 378 g/mol. The molecule has 1 aromatic carbocycles. The molecule has 7 heteroatoms. The second-order valence-corrected chi connectivity index (χ2v) is 7.28. The van der Waals surface area contributed by atoms with E-state index < -0.39 is 6.10 Å². The van der Waals surface area contributed by atoms with Gasteiger partial charge < -0.3 is 10.4 Å². The van der Waals surface area contributed by atoms with Gasteiger partial charge >= 0.3 is 0 Å². The van der Waals surface area contributed by atoms with Gasteiger partial charge in [0, 0.05) is 50.7 Å². The zero-order chi connectivity index (χ0) is 19.3. The normalized spacial score (nSPS) is 15.6. The smallest absolute Gasteiger partial charge is 0.222 e. The van der Waals surface area contributed by atoms with Crippen molar-refractivity contribution >= 4 is 5.95 Å². The van der Waals surface area contributed by atoms with Crippen molar-refractivity contribution in [3.05, 3.63) is 71.3 Å². The SMILES string of the molecule is C[C@H](O)c1cc2n(n1)CCCN(Cc1cnc(NCc3ccccc3)nc1)C2. The Balaban J connectivity index is 1.35. The van der Waals surface area contributed by atoms with Crippen LogP contribution in [0.15, 0.2) is 48.8 Å². The van der Waals surface area contributed by atoms with E-state index in [1.165, 1.54) is 5.56 Å². The Kier molecular flexibility index (Phi) is 5.64. The molecule has 146 valence electrons. The van der Waals surface area contributed by atoms with Gasteiger partial charge in [0.1, 0.15) is 0 Å². The molecule has 0 unspecified atom stereocenters. The fourth-order valence-electron chi connectivity index (χ4n) is 3.45. The number of anilines is 1. The average Bonchev–Trinajstić information content (AvgIpc) is 3.02. The van der Waals surface area contributed by atoms with Gasteiger partial charge in [-0.25, -0.2) is 9.97 Å². The first kappa shape index (κ1) is 18.6. The molecule has 2 N–H and O–H groups in total. The standard InChI is InChI=1S/C21H26N6O/c1-16(28)20-10-19-15-26(8-5-9-27(19)25-20)14-18-12-23-21(24-13-18)22-11-17-6-3-2-4-7-17/h2-4,6-7,10,12-13,16,28H,5,8-9,11,14-15H2,1H3,(H,22,23,24)/t16-/m0/s1. The van der Waals surface area contributed by atoms with Crippen molar-refractivity contribution < 1.29 is 5.11 Å². The number of nitrogens with one attached hydrogen (secondary N) is 1. The van der Waals surface area contributed by atoms with Crippen LogP contribution >= 0.6 is 0 Å². The number of nitrogens with zero attached hydrogens (tertiary/aromatic N) is 5. The van der Waals surface area contributed by atoms with Crippen molar-refractivity contribution in [3.63, 3.8) is 0 Å². The van der Waals surface area contributed by atoms with Crippen molar-refractivity contribution in [2.24, 2.45) is 0 Å². The van der Waals surface area contributed by atoms with Gasteiger partial charge in [-0.05, 0) is 25.0 Å². The lowest BCUT2D eigenvalue weighted by Gasteiger charge is -2.19. The highest BCUT2D eigenvalue weighted by Gasteiger charge is 2.18. The van der Waals surface area contributed by atoms with Crippen molar-refractivity contribution in [3.8, 4) is 0 Å². The average molecular weight is 378 g/mol. The van der Waals surface area contributed by atoms with Gasteiger partial charge in [0.05, 0.1) is 17.5 Å². The van der Waals surface area contributed by atoms with E-state index >= 15 is 0 Å². The van der Waals surface area contributed by atoms with Crippen LogP contribution in [0, 0.1) is 0 Å². The number of aromatic nitrogens is 4. The van der Waals surface area contributed by atoms with Crippen molar-refractivity contribution in [2.75, 3.05) is 11.9 Å². The summed E-state index contributed by atoms with van der Waals surface area (Å²) in [5.41, 5.74) is 4.19. The molecule has 3 aromatic rings. The van der Waals surface area contributed by atoms with Gasteiger partial charge in [0.25, 0.3) is 0 Å². The Bertz CT molecular complexity index is 891. The number of fused-ring (bicyclic) bond motifs is 1. The molecule has 0 saturated carbocycles. The van der Waals surface area contributed by atoms with E-state index in [2.05, 4.69) is 37.4 Å². The zero-order valence-electron chi connectivity index (χ0n) is 16.1. The summed E-state index contributed by atoms with van der Waals surface area (Å²) in [6.07, 6.45) is 4.29. The predicted molar refractivity (Wildman–Crippen MR) is 107 cm³/mol. The Morgan fingerprint density at radius 2 is 1.89 bits per heavy atom. The summed E-state index contributed by atoms with van der Waals surface area (Å²) >= 11 is 0. The van der Waals surface area contributed by atoms with E-state index in [1.54, 1.807) is 6.92 Å². The quantitative estimate of drug-likeness (QED) is 0.687. The minimum atomic E-state index is -0.530. The molecular formula is C21H26N6O. The highest BCUT2D eigenvalue weighted by atomic mass is 16.3. The van der Waals surface area contributed by atoms with Crippen molar-refractivity contribution in [1.82, 2.24) is 24.6 Å². The van der Waals surface area contributed by atoms with E-state index in [4.69, 9.17) is 0 Å². The Labute approximate surface area is 165 Å². The molecule has 3 heterocycles. The maximum absolute atomic E-state index is 9.77. The minimum absolute atomic E-state index is 0.530. The lowest BCUT2D eigenvalue weighted by Crippen LogP contribution is -2.23. The maximum atomic E-state index is 9.77. The largest absolute Gasteiger partial charge is 0.387 e. The van der Waals surface area contributed by atoms with Crippen LogP contribution < -0.4 is 5.32 Å². The van der Waals surface area contributed by atoms with Crippen LogP contribution in [0.4, 0.5) is 5.95 Å². The van der Waals surface area contributed by atoms with Crippen LogP contribution in [0.2, 0.25) is 0 Å². The van der Waals surface area contributed by atoms with E-state index in [0.29, 0.717) is 12.5 Å². The lowest BCUT2D eigenvalue weighted by molar-refractivity contribution is 0.193. The Hall–Kier alpha value is -2.77. The fraction of sp³-hybridized carbons (Fsp3) is 0.381. The van der Waals surface area contributed by atoms with Gasteiger partial charge in [-0.15, -0.1) is 0 Å². The van der Waals surface area contributed by atoms with Gasteiger partial charge in [-0.3, -0.25) is 9.58 Å². The molecule has 0 fully saturated rings. The third-order valence-electron chi connectivity index (χ3n) is 4.95. The number of aryl methyl sites for hydroxylation is 1. The highest BCUT2D eigenvalue weighted by Crippen LogP contribution is 2.19. The molecule has 7 nitrogen and oxygen atoms in total. The van der Waals surface area contributed by atoms with Crippen LogP contribution in [0.5, 0.6) is 0 Å². The number of hydrogen-bond acceptors (Lipinski definition) is 6. The molecule has 2 aromatic heterocycles. The summed E-state index contributed by atoms with van der Waals surface area (Å²) in [6, 6.07) is 12.2. The zero-order valence-corrected chi connectivity index (χ0v) is 16.1. The molecule has 0 bridgehead atoms. The molecule has 1 aliphatic rings. The summed E-state index contributed by atoms with van der Waals surface area (Å²) in [4.78, 5) is 11.3. The van der Waals surface area contributed by atoms with Crippen LogP contribution in [0.3, 0.4) is 0 Å². The molecule has 1 atom stereocenters. The molecule has 1 aliphatic heterocycles. The lowest BCUT2D eigenvalue weighted by atomic mass is 10.2. The summed E-state index contributed by atoms with van der Waals surface area (Å²) in [6.45, 7) is 5.97. The fourth-order valence-corrected chi connectivity index (χ4v) is 3.45. The topological polar surface area (TPSA) is 79.1 Å². The highest BCUT2D eigenvalue weighted by molar-refractivity contribution is 5.28. The van der Waals surface area contributed by atoms with Crippen LogP contribution in [-0.2, 0) is 26.2 Å². The minimum Gasteiger partial charge on any atom is -0.387 e. The molecule has 0 saturated heterocycles. The van der Waals surface area contributed by atoms with Gasteiger partial charge in [-0.2, -0.15) is 5.10 Å². The van der Waals surface area contributed by atoms with Crippen LogP contribution in [0.25, 0.3) is 0 Å². The molecule has 0 aliphatic carbocycles. The van der Waals surface area contributed by atoms with Gasteiger partial charge in [0.2, 0.25) is 5.95 Å². The molecule has 0 radical (unpaired) electrons. The third-order valence-corrected chi connectivity index (χ3v) is 4.95. The first-order valence-electron chi connectivity index (χ1n) is 9.73. The van der Waals surface area contributed by atoms with E-state index in [1.807, 2.05) is 41.3 Å². The van der Waals surface area contributed by atoms with Crippen molar-refractivity contribution in [1.29, 1.82) is 0 Å². The predicted octanol–water partition coefficient (Wildman–Crippen LogP) is 2.74. The second kappa shape index (κ2) is 8.50. The molecule has 4 rings (SSSR count). The van der Waals surface area contributed by atoms with E-state index in [9.17, 15) is 5.11 Å². The van der Waals surface area contributed by atoms with Crippen LogP contribution in [0.1, 0.15) is 42.0 Å². The third kappa shape index (κ3) is 4.55. The number of benzene rings is 1. The summed E-state index contributed by atoms with van der Waals surface area (Å²) in [7, 11) is 0. The number of aliphatic hydroxyl groups excluding tert-OH is 1. The number of hydrogen-bond donors (Lipinski definition) is 2.